The maximum atomic E-state index is 11.6. The van der Waals surface area contributed by atoms with Gasteiger partial charge in [-0.3, -0.25) is 9.69 Å². The van der Waals surface area contributed by atoms with Gasteiger partial charge in [-0.1, -0.05) is 39.0 Å². The molecule has 2 N–H and O–H groups in total. The topological polar surface area (TPSA) is 68.7 Å². The largest absolute Gasteiger partial charge is 0.496 e. The maximum Gasteiger partial charge on any atom is 0.284 e. The molecule has 0 unspecified atom stereocenters. The number of carbonyl (C=O) groups excluding carboxylic acids is 1. The number of hydrogen-bond acceptors (Lipinski definition) is 4. The minimum Gasteiger partial charge on any atom is -0.496 e. The van der Waals surface area contributed by atoms with Crippen LogP contribution in [0.15, 0.2) is 34.7 Å². The number of furan rings is 1. The van der Waals surface area contributed by atoms with E-state index in [-0.39, 0.29) is 11.2 Å². The predicted octanol–water partition coefficient (Wildman–Crippen LogP) is 4.02. The van der Waals surface area contributed by atoms with Crippen molar-refractivity contribution in [1.29, 1.82) is 0 Å². The van der Waals surface area contributed by atoms with E-state index in [0.717, 1.165) is 43.0 Å². The Balaban J connectivity index is 1.92. The molecule has 5 heteroatoms. The minimum atomic E-state index is -0.524. The SMILES string of the molecule is COc1ccccc1[C@H]1CCCN1Cc1cc(C(N)=O)oc1C(C)(C)C. The molecule has 140 valence electrons. The highest BCUT2D eigenvalue weighted by Gasteiger charge is 2.31. The second-order valence-corrected chi connectivity index (χ2v) is 7.95. The Morgan fingerprint density at radius 1 is 1.35 bits per heavy atom. The summed E-state index contributed by atoms with van der Waals surface area (Å²) in [5.74, 6) is 1.46. The van der Waals surface area contributed by atoms with E-state index >= 15 is 0 Å². The number of methoxy groups -OCH3 is 1. The van der Waals surface area contributed by atoms with Gasteiger partial charge in [0.15, 0.2) is 5.76 Å². The second kappa shape index (κ2) is 7.16. The van der Waals surface area contributed by atoms with Crippen LogP contribution >= 0.6 is 0 Å². The van der Waals surface area contributed by atoms with Gasteiger partial charge >= 0.3 is 0 Å². The van der Waals surface area contributed by atoms with Crippen LogP contribution in [-0.4, -0.2) is 24.5 Å². The van der Waals surface area contributed by atoms with Crippen LogP contribution in [0.2, 0.25) is 0 Å². The van der Waals surface area contributed by atoms with E-state index in [1.165, 1.54) is 5.56 Å². The van der Waals surface area contributed by atoms with Crippen LogP contribution in [0.4, 0.5) is 0 Å². The van der Waals surface area contributed by atoms with Gasteiger partial charge in [0.05, 0.1) is 7.11 Å². The average molecular weight is 356 g/mol. The predicted molar refractivity (Wildman–Crippen MR) is 101 cm³/mol. The van der Waals surface area contributed by atoms with Crippen LogP contribution in [-0.2, 0) is 12.0 Å². The molecular weight excluding hydrogens is 328 g/mol. The first-order valence-corrected chi connectivity index (χ1v) is 9.11. The van der Waals surface area contributed by atoms with E-state index < -0.39 is 5.91 Å². The highest BCUT2D eigenvalue weighted by Crippen LogP contribution is 2.39. The number of benzene rings is 1. The molecule has 2 heterocycles. The number of nitrogens with zero attached hydrogens (tertiary/aromatic N) is 1. The zero-order valence-electron chi connectivity index (χ0n) is 16.0. The van der Waals surface area contributed by atoms with Crippen molar-refractivity contribution in [3.8, 4) is 5.75 Å². The van der Waals surface area contributed by atoms with Gasteiger partial charge in [-0.25, -0.2) is 0 Å². The van der Waals surface area contributed by atoms with Crippen LogP contribution in [0, 0.1) is 0 Å². The fourth-order valence-corrected chi connectivity index (χ4v) is 3.83. The molecule has 1 aliphatic heterocycles. The van der Waals surface area contributed by atoms with E-state index in [0.29, 0.717) is 6.04 Å². The molecule has 26 heavy (non-hydrogen) atoms. The Bertz CT molecular complexity index is 789. The zero-order valence-corrected chi connectivity index (χ0v) is 16.0. The van der Waals surface area contributed by atoms with E-state index in [1.54, 1.807) is 13.2 Å². The number of carbonyl (C=O) groups is 1. The molecule has 5 nitrogen and oxygen atoms in total. The summed E-state index contributed by atoms with van der Waals surface area (Å²) in [6.07, 6.45) is 2.22. The van der Waals surface area contributed by atoms with Crippen molar-refractivity contribution in [1.82, 2.24) is 4.90 Å². The lowest BCUT2D eigenvalue weighted by Gasteiger charge is -2.27. The Morgan fingerprint density at radius 3 is 2.73 bits per heavy atom. The number of amides is 1. The molecule has 0 spiro atoms. The monoisotopic (exact) mass is 356 g/mol. The Hall–Kier alpha value is -2.27. The van der Waals surface area contributed by atoms with Crippen molar-refractivity contribution in [3.63, 3.8) is 0 Å². The second-order valence-electron chi connectivity index (χ2n) is 7.95. The lowest BCUT2D eigenvalue weighted by Crippen LogP contribution is -2.24. The molecule has 1 aliphatic rings. The lowest BCUT2D eigenvalue weighted by atomic mass is 9.90. The van der Waals surface area contributed by atoms with E-state index in [9.17, 15) is 4.79 Å². The number of nitrogens with two attached hydrogens (primary N) is 1. The fourth-order valence-electron chi connectivity index (χ4n) is 3.83. The molecule has 1 atom stereocenters. The summed E-state index contributed by atoms with van der Waals surface area (Å²) in [6, 6.07) is 10.3. The number of primary amides is 1. The molecule has 1 saturated heterocycles. The Morgan fingerprint density at radius 2 is 2.08 bits per heavy atom. The standard InChI is InChI=1S/C21H28N2O3/c1-21(2,3)19-14(12-18(26-19)20(22)24)13-23-11-7-9-16(23)15-8-5-6-10-17(15)25-4/h5-6,8,10,12,16H,7,9,11,13H2,1-4H3,(H2,22,24)/t16-/m1/s1. The minimum absolute atomic E-state index is 0.192. The first-order valence-electron chi connectivity index (χ1n) is 9.11. The first kappa shape index (κ1) is 18.5. The van der Waals surface area contributed by atoms with E-state index in [4.69, 9.17) is 14.9 Å². The molecule has 0 bridgehead atoms. The maximum absolute atomic E-state index is 11.6. The van der Waals surface area contributed by atoms with E-state index in [1.807, 2.05) is 12.1 Å². The van der Waals surface area contributed by atoms with E-state index in [2.05, 4.69) is 37.8 Å². The summed E-state index contributed by atoms with van der Waals surface area (Å²) in [6.45, 7) is 7.99. The molecule has 3 rings (SSSR count). The summed E-state index contributed by atoms with van der Waals surface area (Å²) < 4.78 is 11.4. The third-order valence-corrected chi connectivity index (χ3v) is 4.97. The van der Waals surface area contributed by atoms with Gasteiger partial charge in [-0.05, 0) is 31.5 Å². The third-order valence-electron chi connectivity index (χ3n) is 4.97. The normalized spacial score (nSPS) is 18.2. The van der Waals surface area contributed by atoms with Gasteiger partial charge in [-0.2, -0.15) is 0 Å². The molecule has 1 fully saturated rings. The third kappa shape index (κ3) is 3.63. The quantitative estimate of drug-likeness (QED) is 0.878. The van der Waals surface area contributed by atoms with Crippen molar-refractivity contribution in [2.24, 2.45) is 5.73 Å². The highest BCUT2D eigenvalue weighted by atomic mass is 16.5. The molecule has 2 aromatic rings. The van der Waals surface area contributed by atoms with Gasteiger partial charge in [0, 0.05) is 29.1 Å². The Kier molecular flexibility index (Phi) is 5.10. The summed E-state index contributed by atoms with van der Waals surface area (Å²) in [5, 5.41) is 0. The van der Waals surface area contributed by atoms with Gasteiger partial charge < -0.3 is 14.9 Å². The molecule has 1 aromatic heterocycles. The number of rotatable bonds is 5. The van der Waals surface area contributed by atoms with Crippen molar-refractivity contribution in [2.75, 3.05) is 13.7 Å². The van der Waals surface area contributed by atoms with Crippen LogP contribution in [0.1, 0.15) is 67.1 Å². The van der Waals surface area contributed by atoms with Gasteiger partial charge in [-0.15, -0.1) is 0 Å². The van der Waals surface area contributed by atoms with Crippen molar-refractivity contribution < 1.29 is 13.9 Å². The Labute approximate surface area is 155 Å². The van der Waals surface area contributed by atoms with Crippen molar-refractivity contribution >= 4 is 5.91 Å². The summed E-state index contributed by atoms with van der Waals surface area (Å²) in [4.78, 5) is 14.0. The van der Waals surface area contributed by atoms with Crippen LogP contribution < -0.4 is 10.5 Å². The summed E-state index contributed by atoms with van der Waals surface area (Å²) in [5.41, 5.74) is 7.50. The molecule has 0 radical (unpaired) electrons. The average Bonchev–Trinajstić information content (AvgIpc) is 3.22. The number of ether oxygens (including phenoxy) is 1. The van der Waals surface area contributed by atoms with Crippen molar-refractivity contribution in [2.45, 2.75) is 51.6 Å². The first-order chi connectivity index (χ1) is 12.3. The molecule has 0 saturated carbocycles. The van der Waals surface area contributed by atoms with Gasteiger partial charge in [0.2, 0.25) is 0 Å². The molecule has 1 aromatic carbocycles. The molecular formula is C21H28N2O3. The lowest BCUT2D eigenvalue weighted by molar-refractivity contribution is 0.0970. The summed E-state index contributed by atoms with van der Waals surface area (Å²) in [7, 11) is 1.71. The number of hydrogen-bond donors (Lipinski definition) is 1. The highest BCUT2D eigenvalue weighted by molar-refractivity contribution is 5.90. The fraction of sp³-hybridized carbons (Fsp3) is 0.476. The smallest absolute Gasteiger partial charge is 0.284 e. The molecule has 1 amide bonds. The van der Waals surface area contributed by atoms with Crippen LogP contribution in [0.3, 0.4) is 0 Å². The molecule has 0 aliphatic carbocycles. The van der Waals surface area contributed by atoms with Gasteiger partial charge in [0.25, 0.3) is 5.91 Å². The van der Waals surface area contributed by atoms with Crippen LogP contribution in [0.5, 0.6) is 5.75 Å². The van der Waals surface area contributed by atoms with Crippen molar-refractivity contribution in [3.05, 3.63) is 53.0 Å². The van der Waals surface area contributed by atoms with Gasteiger partial charge in [0.1, 0.15) is 11.5 Å². The number of para-hydroxylation sites is 1. The number of likely N-dealkylation sites (tertiary alicyclic amines) is 1. The summed E-state index contributed by atoms with van der Waals surface area (Å²) >= 11 is 0. The zero-order chi connectivity index (χ0) is 18.9. The van der Waals surface area contributed by atoms with Crippen LogP contribution in [0.25, 0.3) is 0 Å².